The number of aromatic nitrogens is 1. The van der Waals surface area contributed by atoms with E-state index in [-0.39, 0.29) is 17.5 Å². The molecule has 30 heavy (non-hydrogen) atoms. The molecule has 1 aliphatic rings. The van der Waals surface area contributed by atoms with Gasteiger partial charge in [0.2, 0.25) is 5.91 Å². The van der Waals surface area contributed by atoms with E-state index in [0.717, 1.165) is 31.0 Å². The van der Waals surface area contributed by atoms with Gasteiger partial charge in [-0.15, -0.1) is 0 Å². The van der Waals surface area contributed by atoms with Gasteiger partial charge in [0.25, 0.3) is 5.56 Å². The molecule has 2 heterocycles. The number of amides is 1. The number of rotatable bonds is 8. The molecule has 3 atom stereocenters. The van der Waals surface area contributed by atoms with E-state index >= 15 is 0 Å². The average Bonchev–Trinajstić information content (AvgIpc) is 2.70. The van der Waals surface area contributed by atoms with Crippen LogP contribution in [0.15, 0.2) is 23.0 Å². The average molecular weight is 482 g/mol. The van der Waals surface area contributed by atoms with Crippen molar-refractivity contribution < 1.29 is 20.1 Å². The second-order valence-corrected chi connectivity index (χ2v) is 8.45. The highest BCUT2D eigenvalue weighted by Crippen LogP contribution is 2.37. The van der Waals surface area contributed by atoms with Gasteiger partial charge in [-0.25, -0.2) is 0 Å². The summed E-state index contributed by atoms with van der Waals surface area (Å²) >= 11 is 3.38. The number of anilines is 1. The highest BCUT2D eigenvalue weighted by Gasteiger charge is 2.31. The highest BCUT2D eigenvalue weighted by atomic mass is 79.9. The first-order chi connectivity index (χ1) is 14.4. The zero-order chi connectivity index (χ0) is 21.7. The van der Waals surface area contributed by atoms with Gasteiger partial charge in [0.05, 0.1) is 0 Å². The number of alkyl halides is 1. The van der Waals surface area contributed by atoms with Gasteiger partial charge < -0.3 is 20.6 Å². The number of nitrogens with one attached hydrogen (secondary N) is 3. The number of unbranched alkanes of at least 4 members (excludes halogenated alkanes) is 3. The number of fused-ring (bicyclic) bond motifs is 1. The minimum Gasteiger partial charge on any atom is -0.494 e. The first-order valence-electron chi connectivity index (χ1n) is 10.3. The van der Waals surface area contributed by atoms with Crippen LogP contribution in [0.3, 0.4) is 0 Å². The number of hydrogen-bond donors (Lipinski definition) is 6. The van der Waals surface area contributed by atoms with Gasteiger partial charge in [0.1, 0.15) is 18.1 Å². The number of aromatic hydroxyl groups is 1. The summed E-state index contributed by atoms with van der Waals surface area (Å²) in [6, 6.07) is 5.14. The SMILES string of the molecule is O=C(CCCCCCBr)Nc1c(=O)[nH]c(O)c2cccc(C3CCC(O)NC3O)c12. The predicted molar refractivity (Wildman–Crippen MR) is 119 cm³/mol. The van der Waals surface area contributed by atoms with E-state index in [2.05, 4.69) is 31.5 Å². The zero-order valence-corrected chi connectivity index (χ0v) is 18.2. The van der Waals surface area contributed by atoms with Crippen LogP contribution in [0.1, 0.15) is 56.4 Å². The lowest BCUT2D eigenvalue weighted by atomic mass is 9.86. The number of carbonyl (C=O) groups is 1. The summed E-state index contributed by atoms with van der Waals surface area (Å²) in [5.41, 5.74) is 0.106. The second-order valence-electron chi connectivity index (χ2n) is 7.66. The Morgan fingerprint density at radius 2 is 1.93 bits per heavy atom. The van der Waals surface area contributed by atoms with E-state index in [1.807, 2.05) is 0 Å². The Morgan fingerprint density at radius 3 is 2.67 bits per heavy atom. The summed E-state index contributed by atoms with van der Waals surface area (Å²) in [7, 11) is 0. The maximum Gasteiger partial charge on any atom is 0.275 e. The van der Waals surface area contributed by atoms with Crippen molar-refractivity contribution in [2.75, 3.05) is 10.6 Å². The van der Waals surface area contributed by atoms with Crippen LogP contribution in [-0.2, 0) is 4.79 Å². The van der Waals surface area contributed by atoms with Crippen LogP contribution in [0, 0.1) is 0 Å². The fourth-order valence-corrected chi connectivity index (χ4v) is 4.38. The summed E-state index contributed by atoms with van der Waals surface area (Å²) in [5, 5.41) is 37.6. The Kier molecular flexibility index (Phi) is 7.87. The quantitative estimate of drug-likeness (QED) is 0.253. The Labute approximate surface area is 182 Å². The maximum atomic E-state index is 12.6. The zero-order valence-electron chi connectivity index (χ0n) is 16.7. The van der Waals surface area contributed by atoms with Gasteiger partial charge in [0, 0.05) is 28.4 Å². The topological polar surface area (TPSA) is 135 Å². The fourth-order valence-electron chi connectivity index (χ4n) is 3.98. The van der Waals surface area contributed by atoms with E-state index < -0.39 is 23.9 Å². The molecule has 0 radical (unpaired) electrons. The lowest BCUT2D eigenvalue weighted by Gasteiger charge is -2.33. The number of aromatic amines is 1. The molecule has 1 fully saturated rings. The molecule has 0 saturated carbocycles. The number of aliphatic hydroxyl groups excluding tert-OH is 2. The van der Waals surface area contributed by atoms with Gasteiger partial charge >= 0.3 is 0 Å². The standard InChI is InChI=1S/C21H28BrN3O5/c22-11-4-2-1-3-8-15(26)23-18-17-12(13-9-10-16(27)24-19(13)28)6-5-7-14(17)20(29)25-21(18)30/h5-7,13,16,19,24,27-28H,1-4,8-11H2,(H,23,26)(H2,25,29,30). The predicted octanol–water partition coefficient (Wildman–Crippen LogP) is 2.62. The Hall–Kier alpha value is -1.94. The van der Waals surface area contributed by atoms with Crippen LogP contribution >= 0.6 is 15.9 Å². The van der Waals surface area contributed by atoms with E-state index in [0.29, 0.717) is 35.6 Å². The molecule has 0 aliphatic carbocycles. The lowest BCUT2D eigenvalue weighted by Crippen LogP contribution is -2.46. The minimum absolute atomic E-state index is 0.0715. The molecule has 1 aromatic carbocycles. The molecule has 0 spiro atoms. The highest BCUT2D eigenvalue weighted by molar-refractivity contribution is 9.09. The van der Waals surface area contributed by atoms with E-state index in [4.69, 9.17) is 0 Å². The Bertz CT molecular complexity index is 948. The molecular weight excluding hydrogens is 454 g/mol. The summed E-state index contributed by atoms with van der Waals surface area (Å²) in [6.07, 6.45) is 3.15. The molecule has 1 aliphatic heterocycles. The van der Waals surface area contributed by atoms with Crippen molar-refractivity contribution in [2.24, 2.45) is 0 Å². The molecule has 3 rings (SSSR count). The van der Waals surface area contributed by atoms with Crippen molar-refractivity contribution in [3.05, 3.63) is 34.1 Å². The molecule has 1 aromatic heterocycles. The van der Waals surface area contributed by atoms with Crippen molar-refractivity contribution >= 4 is 38.3 Å². The van der Waals surface area contributed by atoms with Crippen molar-refractivity contribution in [2.45, 2.75) is 63.3 Å². The van der Waals surface area contributed by atoms with E-state index in [1.54, 1.807) is 18.2 Å². The summed E-state index contributed by atoms with van der Waals surface area (Å²) < 4.78 is 0. The normalized spacial score (nSPS) is 21.6. The number of carbonyl (C=O) groups excluding carboxylic acids is 1. The van der Waals surface area contributed by atoms with Crippen LogP contribution in [-0.4, -0.2) is 44.0 Å². The molecule has 6 N–H and O–H groups in total. The first kappa shape index (κ1) is 22.7. The van der Waals surface area contributed by atoms with Crippen LogP contribution in [0.5, 0.6) is 5.88 Å². The minimum atomic E-state index is -1.02. The van der Waals surface area contributed by atoms with Gasteiger partial charge in [-0.1, -0.05) is 40.9 Å². The fraction of sp³-hybridized carbons (Fsp3) is 0.524. The van der Waals surface area contributed by atoms with E-state index in [1.165, 1.54) is 0 Å². The molecule has 0 bridgehead atoms. The first-order valence-corrected chi connectivity index (χ1v) is 11.4. The van der Waals surface area contributed by atoms with Crippen molar-refractivity contribution in [3.8, 4) is 5.88 Å². The molecule has 9 heteroatoms. The molecule has 8 nitrogen and oxygen atoms in total. The number of pyridine rings is 1. The summed E-state index contributed by atoms with van der Waals surface area (Å²) in [5.74, 6) is -0.958. The van der Waals surface area contributed by atoms with Gasteiger partial charge in [-0.3, -0.25) is 19.9 Å². The van der Waals surface area contributed by atoms with Gasteiger partial charge in [-0.05, 0) is 37.3 Å². The second kappa shape index (κ2) is 10.4. The third kappa shape index (κ3) is 5.21. The van der Waals surface area contributed by atoms with Crippen LogP contribution in [0.2, 0.25) is 0 Å². The van der Waals surface area contributed by atoms with Crippen molar-refractivity contribution in [1.29, 1.82) is 0 Å². The molecular formula is C21H28BrN3O5. The number of piperidine rings is 1. The monoisotopic (exact) mass is 481 g/mol. The number of benzene rings is 1. The van der Waals surface area contributed by atoms with E-state index in [9.17, 15) is 24.9 Å². The van der Waals surface area contributed by atoms with Crippen molar-refractivity contribution in [3.63, 3.8) is 0 Å². The molecule has 1 saturated heterocycles. The third-order valence-electron chi connectivity index (χ3n) is 5.51. The van der Waals surface area contributed by atoms with Gasteiger partial charge in [-0.2, -0.15) is 0 Å². The molecule has 164 valence electrons. The number of halogens is 1. The number of hydrogen-bond acceptors (Lipinski definition) is 6. The van der Waals surface area contributed by atoms with Gasteiger partial charge in [0.15, 0.2) is 5.88 Å². The molecule has 3 unspecified atom stereocenters. The largest absolute Gasteiger partial charge is 0.494 e. The smallest absolute Gasteiger partial charge is 0.275 e. The molecule has 2 aromatic rings. The van der Waals surface area contributed by atoms with Crippen LogP contribution < -0.4 is 16.2 Å². The third-order valence-corrected chi connectivity index (χ3v) is 6.07. The Balaban J connectivity index is 1.92. The van der Waals surface area contributed by atoms with Crippen molar-refractivity contribution in [1.82, 2.24) is 10.3 Å². The summed E-state index contributed by atoms with van der Waals surface area (Å²) in [4.78, 5) is 27.5. The molecule has 1 amide bonds. The number of H-pyrrole nitrogens is 1. The maximum absolute atomic E-state index is 12.6. The van der Waals surface area contributed by atoms with Crippen LogP contribution in [0.25, 0.3) is 10.8 Å². The summed E-state index contributed by atoms with van der Waals surface area (Å²) in [6.45, 7) is 0. The Morgan fingerprint density at radius 1 is 1.17 bits per heavy atom. The van der Waals surface area contributed by atoms with Crippen LogP contribution in [0.4, 0.5) is 5.69 Å². The lowest BCUT2D eigenvalue weighted by molar-refractivity contribution is -0.116. The number of aliphatic hydroxyl groups is 2.